The van der Waals surface area contributed by atoms with Gasteiger partial charge in [-0.05, 0) is 24.3 Å². The van der Waals surface area contributed by atoms with Crippen molar-refractivity contribution in [2.75, 3.05) is 6.73 Å². The van der Waals surface area contributed by atoms with Gasteiger partial charge in [-0.15, -0.1) is 0 Å². The lowest BCUT2D eigenvalue weighted by Crippen LogP contribution is -2.33. The molecule has 2 amide bonds. The maximum Gasteiger partial charge on any atom is 0.307 e. The lowest BCUT2D eigenvalue weighted by Gasteiger charge is -2.13. The van der Waals surface area contributed by atoms with Crippen LogP contribution in [0, 0.1) is 0 Å². The van der Waals surface area contributed by atoms with E-state index in [4.69, 9.17) is 9.15 Å². The molecule has 28 heavy (non-hydrogen) atoms. The zero-order valence-corrected chi connectivity index (χ0v) is 15.0. The summed E-state index contributed by atoms with van der Waals surface area (Å²) in [6.07, 6.45) is 0.457. The highest BCUT2D eigenvalue weighted by Crippen LogP contribution is 2.23. The SMILES string of the molecule is O=C(CCc1ccc(-c2ccccc2)o1)OCN1C(=O)c2ccccc2C1=O. The molecule has 0 saturated carbocycles. The summed E-state index contributed by atoms with van der Waals surface area (Å²) in [5.74, 6) is -0.0142. The standard InChI is InChI=1S/C22H17NO5/c24-20(13-11-16-10-12-19(28-16)15-6-2-1-3-7-15)27-14-23-21(25)17-8-4-5-9-18(17)22(23)26/h1-10,12H,11,13-14H2. The second-order valence-corrected chi connectivity index (χ2v) is 6.36. The van der Waals surface area contributed by atoms with Gasteiger partial charge in [0.05, 0.1) is 17.5 Å². The number of amides is 2. The van der Waals surface area contributed by atoms with Crippen molar-refractivity contribution in [3.05, 3.63) is 83.6 Å². The normalized spacial score (nSPS) is 12.9. The van der Waals surface area contributed by atoms with Gasteiger partial charge in [0.2, 0.25) is 0 Å². The first-order chi connectivity index (χ1) is 13.6. The maximum absolute atomic E-state index is 12.2. The molecular weight excluding hydrogens is 358 g/mol. The number of furan rings is 1. The van der Waals surface area contributed by atoms with Gasteiger partial charge in [0.15, 0.2) is 6.73 Å². The van der Waals surface area contributed by atoms with Gasteiger partial charge in [0, 0.05) is 12.0 Å². The van der Waals surface area contributed by atoms with E-state index in [-0.39, 0.29) is 6.42 Å². The highest BCUT2D eigenvalue weighted by atomic mass is 16.5. The molecule has 6 nitrogen and oxygen atoms in total. The number of aryl methyl sites for hydroxylation is 1. The third kappa shape index (κ3) is 3.44. The summed E-state index contributed by atoms with van der Waals surface area (Å²) in [7, 11) is 0. The molecule has 0 fully saturated rings. The zero-order valence-electron chi connectivity index (χ0n) is 15.0. The quantitative estimate of drug-likeness (QED) is 0.485. The van der Waals surface area contributed by atoms with Crippen molar-refractivity contribution >= 4 is 17.8 Å². The number of benzene rings is 2. The van der Waals surface area contributed by atoms with E-state index in [1.165, 1.54) is 0 Å². The number of imide groups is 1. The highest BCUT2D eigenvalue weighted by molar-refractivity contribution is 6.21. The Bertz CT molecular complexity index is 1000. The molecule has 0 N–H and O–H groups in total. The molecule has 0 saturated heterocycles. The number of ether oxygens (including phenoxy) is 1. The fraction of sp³-hybridized carbons (Fsp3) is 0.136. The lowest BCUT2D eigenvalue weighted by atomic mass is 10.1. The molecule has 0 aliphatic carbocycles. The van der Waals surface area contributed by atoms with Gasteiger partial charge < -0.3 is 9.15 Å². The average molecular weight is 375 g/mol. The van der Waals surface area contributed by atoms with Crippen molar-refractivity contribution < 1.29 is 23.5 Å². The summed E-state index contributed by atoms with van der Waals surface area (Å²) in [5.41, 5.74) is 1.61. The summed E-state index contributed by atoms with van der Waals surface area (Å²) in [6.45, 7) is -0.390. The van der Waals surface area contributed by atoms with Gasteiger partial charge >= 0.3 is 5.97 Å². The number of rotatable bonds is 6. The van der Waals surface area contributed by atoms with Crippen molar-refractivity contribution in [3.8, 4) is 11.3 Å². The predicted molar refractivity (Wildman–Crippen MR) is 100 cm³/mol. The van der Waals surface area contributed by atoms with Crippen molar-refractivity contribution in [1.29, 1.82) is 0 Å². The minimum Gasteiger partial charge on any atom is -0.461 e. The number of hydrogen-bond acceptors (Lipinski definition) is 5. The Labute approximate surface area is 161 Å². The lowest BCUT2D eigenvalue weighted by molar-refractivity contribution is -0.146. The number of nitrogens with zero attached hydrogens (tertiary/aromatic N) is 1. The molecule has 0 spiro atoms. The molecule has 0 atom stereocenters. The number of esters is 1. The molecular formula is C22H17NO5. The van der Waals surface area contributed by atoms with E-state index < -0.39 is 24.5 Å². The molecule has 0 radical (unpaired) electrons. The molecule has 1 aliphatic rings. The molecule has 6 heteroatoms. The summed E-state index contributed by atoms with van der Waals surface area (Å²) < 4.78 is 10.9. The summed E-state index contributed by atoms with van der Waals surface area (Å²) in [4.78, 5) is 37.4. The Kier molecular flexibility index (Phi) is 4.76. The molecule has 2 aromatic carbocycles. The first kappa shape index (κ1) is 17.7. The molecule has 4 rings (SSSR count). The van der Waals surface area contributed by atoms with Gasteiger partial charge in [-0.1, -0.05) is 42.5 Å². The van der Waals surface area contributed by atoms with Crippen LogP contribution >= 0.6 is 0 Å². The Morgan fingerprint density at radius 3 is 2.18 bits per heavy atom. The number of carbonyl (C=O) groups is 3. The second-order valence-electron chi connectivity index (χ2n) is 6.36. The molecule has 140 valence electrons. The molecule has 1 aliphatic heterocycles. The third-order valence-corrected chi connectivity index (χ3v) is 4.53. The van der Waals surface area contributed by atoms with E-state index in [9.17, 15) is 14.4 Å². The van der Waals surface area contributed by atoms with Crippen LogP contribution in [0.3, 0.4) is 0 Å². The second kappa shape index (κ2) is 7.52. The predicted octanol–water partition coefficient (Wildman–Crippen LogP) is 3.68. The van der Waals surface area contributed by atoms with Crippen LogP contribution in [0.4, 0.5) is 0 Å². The molecule has 1 aromatic heterocycles. The van der Waals surface area contributed by atoms with Crippen molar-refractivity contribution in [1.82, 2.24) is 4.90 Å². The van der Waals surface area contributed by atoms with Crippen LogP contribution in [0.15, 0.2) is 71.1 Å². The van der Waals surface area contributed by atoms with Crippen LogP contribution in [0.25, 0.3) is 11.3 Å². The first-order valence-electron chi connectivity index (χ1n) is 8.88. The van der Waals surface area contributed by atoms with E-state index in [0.717, 1.165) is 16.2 Å². The van der Waals surface area contributed by atoms with Crippen molar-refractivity contribution in [3.63, 3.8) is 0 Å². The summed E-state index contributed by atoms with van der Waals surface area (Å²) in [5, 5.41) is 0. The summed E-state index contributed by atoms with van der Waals surface area (Å²) >= 11 is 0. The summed E-state index contributed by atoms with van der Waals surface area (Å²) in [6, 6.07) is 19.9. The largest absolute Gasteiger partial charge is 0.461 e. The van der Waals surface area contributed by atoms with Gasteiger partial charge in [0.1, 0.15) is 11.5 Å². The van der Waals surface area contributed by atoms with Crippen LogP contribution < -0.4 is 0 Å². The van der Waals surface area contributed by atoms with Crippen LogP contribution in [0.2, 0.25) is 0 Å². The van der Waals surface area contributed by atoms with E-state index in [2.05, 4.69) is 0 Å². The van der Waals surface area contributed by atoms with Crippen LogP contribution in [-0.2, 0) is 16.0 Å². The van der Waals surface area contributed by atoms with E-state index >= 15 is 0 Å². The molecule has 0 bridgehead atoms. The van der Waals surface area contributed by atoms with Crippen molar-refractivity contribution in [2.24, 2.45) is 0 Å². The smallest absolute Gasteiger partial charge is 0.307 e. The highest BCUT2D eigenvalue weighted by Gasteiger charge is 2.35. The first-order valence-corrected chi connectivity index (χ1v) is 8.88. The Hall–Kier alpha value is -3.67. The van der Waals surface area contributed by atoms with E-state index in [1.807, 2.05) is 42.5 Å². The minimum absolute atomic E-state index is 0.0882. The number of carbonyl (C=O) groups excluding carboxylic acids is 3. The Morgan fingerprint density at radius 1 is 0.857 bits per heavy atom. The Morgan fingerprint density at radius 2 is 1.50 bits per heavy atom. The Balaban J connectivity index is 1.30. The van der Waals surface area contributed by atoms with Crippen molar-refractivity contribution in [2.45, 2.75) is 12.8 Å². The van der Waals surface area contributed by atoms with Crippen LogP contribution in [0.5, 0.6) is 0 Å². The van der Waals surface area contributed by atoms with E-state index in [0.29, 0.717) is 23.3 Å². The molecule has 0 unspecified atom stereocenters. The number of hydrogen-bond donors (Lipinski definition) is 0. The van der Waals surface area contributed by atoms with Crippen LogP contribution in [0.1, 0.15) is 32.9 Å². The maximum atomic E-state index is 12.2. The molecule has 3 aromatic rings. The van der Waals surface area contributed by atoms with Gasteiger partial charge in [0.25, 0.3) is 11.8 Å². The topological polar surface area (TPSA) is 76.8 Å². The monoisotopic (exact) mass is 375 g/mol. The third-order valence-electron chi connectivity index (χ3n) is 4.53. The van der Waals surface area contributed by atoms with E-state index in [1.54, 1.807) is 24.3 Å². The minimum atomic E-state index is -0.505. The van der Waals surface area contributed by atoms with Gasteiger partial charge in [-0.2, -0.15) is 0 Å². The van der Waals surface area contributed by atoms with Crippen LogP contribution in [-0.4, -0.2) is 29.4 Å². The zero-order chi connectivity index (χ0) is 19.5. The fourth-order valence-corrected chi connectivity index (χ4v) is 3.06. The average Bonchev–Trinajstić information content (AvgIpc) is 3.30. The molecule has 2 heterocycles. The van der Waals surface area contributed by atoms with Gasteiger partial charge in [-0.3, -0.25) is 14.4 Å². The number of fused-ring (bicyclic) bond motifs is 1. The van der Waals surface area contributed by atoms with Gasteiger partial charge in [-0.25, -0.2) is 4.90 Å². The fourth-order valence-electron chi connectivity index (χ4n) is 3.06.